The predicted octanol–water partition coefficient (Wildman–Crippen LogP) is 4.15. The van der Waals surface area contributed by atoms with Crippen LogP contribution in [0.25, 0.3) is 0 Å². The maximum absolute atomic E-state index is 12.6. The molecule has 0 spiro atoms. The second-order valence-corrected chi connectivity index (χ2v) is 9.57. The summed E-state index contributed by atoms with van der Waals surface area (Å²) in [5.41, 5.74) is 2.27. The fourth-order valence-corrected chi connectivity index (χ4v) is 4.89. The summed E-state index contributed by atoms with van der Waals surface area (Å²) in [5.74, 6) is 0.240. The van der Waals surface area contributed by atoms with Gasteiger partial charge in [0.15, 0.2) is 6.10 Å². The number of carbonyl (C=O) groups excluding carboxylic acids is 1. The highest BCUT2D eigenvalue weighted by Gasteiger charge is 2.27. The monoisotopic (exact) mass is 436 g/mol. The van der Waals surface area contributed by atoms with Crippen molar-refractivity contribution >= 4 is 33.2 Å². The summed E-state index contributed by atoms with van der Waals surface area (Å²) in [4.78, 5) is 12.7. The number of hydrogen-bond acceptors (Lipinski definition) is 4. The first kappa shape index (κ1) is 21.6. The van der Waals surface area contributed by atoms with Crippen LogP contribution in [-0.2, 0) is 14.8 Å². The van der Waals surface area contributed by atoms with Crippen LogP contribution in [0.4, 0.5) is 5.69 Å². The molecule has 3 rings (SSSR count). The van der Waals surface area contributed by atoms with Crippen molar-refractivity contribution in [2.75, 3.05) is 18.4 Å². The maximum Gasteiger partial charge on any atom is 0.265 e. The van der Waals surface area contributed by atoms with E-state index >= 15 is 0 Å². The van der Waals surface area contributed by atoms with Gasteiger partial charge in [0.2, 0.25) is 10.0 Å². The first-order valence-electron chi connectivity index (χ1n) is 9.53. The molecule has 1 aliphatic rings. The molecule has 0 unspecified atom stereocenters. The third-order valence-electron chi connectivity index (χ3n) is 4.92. The maximum atomic E-state index is 12.6. The Morgan fingerprint density at radius 3 is 2.21 bits per heavy atom. The molecule has 0 aromatic heterocycles. The predicted molar refractivity (Wildman–Crippen MR) is 114 cm³/mol. The van der Waals surface area contributed by atoms with E-state index in [1.165, 1.54) is 16.4 Å². The minimum absolute atomic E-state index is 0.230. The molecule has 1 atom stereocenters. The number of hydrogen-bond donors (Lipinski definition) is 1. The molecule has 2 aromatic carbocycles. The van der Waals surface area contributed by atoms with Gasteiger partial charge in [0.25, 0.3) is 5.91 Å². The van der Waals surface area contributed by atoms with Crippen molar-refractivity contribution in [3.05, 3.63) is 52.5 Å². The van der Waals surface area contributed by atoms with E-state index in [2.05, 4.69) is 5.32 Å². The molecule has 1 saturated heterocycles. The Morgan fingerprint density at radius 1 is 1.10 bits per heavy atom. The van der Waals surface area contributed by atoms with E-state index in [1.54, 1.807) is 31.2 Å². The van der Waals surface area contributed by atoms with E-state index in [-0.39, 0.29) is 10.8 Å². The topological polar surface area (TPSA) is 75.7 Å². The van der Waals surface area contributed by atoms with Crippen LogP contribution < -0.4 is 10.1 Å². The van der Waals surface area contributed by atoms with Crippen molar-refractivity contribution in [2.24, 2.45) is 0 Å². The molecule has 0 radical (unpaired) electrons. The van der Waals surface area contributed by atoms with Crippen LogP contribution >= 0.6 is 11.6 Å². The molecule has 1 aliphatic heterocycles. The molecular formula is C21H25ClN2O4S. The highest BCUT2D eigenvalue weighted by molar-refractivity contribution is 7.89. The highest BCUT2D eigenvalue weighted by atomic mass is 35.5. The first-order chi connectivity index (χ1) is 13.7. The molecular weight excluding hydrogens is 412 g/mol. The Hall–Kier alpha value is -2.09. The number of rotatable bonds is 6. The van der Waals surface area contributed by atoms with Gasteiger partial charge in [0, 0.05) is 23.8 Å². The Morgan fingerprint density at radius 2 is 1.66 bits per heavy atom. The Kier molecular flexibility index (Phi) is 6.51. The summed E-state index contributed by atoms with van der Waals surface area (Å²) < 4.78 is 32.4. The van der Waals surface area contributed by atoms with Gasteiger partial charge in [-0.05, 0) is 81.1 Å². The Bertz CT molecular complexity index is 977. The lowest BCUT2D eigenvalue weighted by molar-refractivity contribution is -0.122. The molecule has 0 saturated carbocycles. The summed E-state index contributed by atoms with van der Waals surface area (Å²) in [6, 6.07) is 9.78. The van der Waals surface area contributed by atoms with Gasteiger partial charge in [-0.1, -0.05) is 11.6 Å². The van der Waals surface area contributed by atoms with Gasteiger partial charge in [-0.2, -0.15) is 4.31 Å². The van der Waals surface area contributed by atoms with Crippen LogP contribution in [0.3, 0.4) is 0 Å². The number of carbonyl (C=O) groups is 1. The SMILES string of the molecule is Cc1cc(O[C@@H](C)C(=O)Nc2ccc(S(=O)(=O)N3CCCC3)cc2)cc(C)c1Cl. The van der Waals surface area contributed by atoms with E-state index in [0.29, 0.717) is 29.5 Å². The number of benzene rings is 2. The van der Waals surface area contributed by atoms with Crippen molar-refractivity contribution in [1.29, 1.82) is 0 Å². The molecule has 8 heteroatoms. The van der Waals surface area contributed by atoms with Gasteiger partial charge >= 0.3 is 0 Å². The number of sulfonamides is 1. The number of halogens is 1. The lowest BCUT2D eigenvalue weighted by Gasteiger charge is -2.17. The lowest BCUT2D eigenvalue weighted by atomic mass is 10.1. The largest absolute Gasteiger partial charge is 0.481 e. The summed E-state index contributed by atoms with van der Waals surface area (Å²) in [6.45, 7) is 6.52. The minimum Gasteiger partial charge on any atom is -0.481 e. The number of aryl methyl sites for hydroxylation is 2. The Balaban J connectivity index is 1.64. The van der Waals surface area contributed by atoms with E-state index in [0.717, 1.165) is 24.0 Å². The van der Waals surface area contributed by atoms with Crippen LogP contribution in [0.15, 0.2) is 41.3 Å². The van der Waals surface area contributed by atoms with Crippen LogP contribution in [0.2, 0.25) is 5.02 Å². The van der Waals surface area contributed by atoms with Gasteiger partial charge in [-0.25, -0.2) is 8.42 Å². The second-order valence-electron chi connectivity index (χ2n) is 7.26. The van der Waals surface area contributed by atoms with Crippen molar-refractivity contribution in [1.82, 2.24) is 4.31 Å². The second kappa shape index (κ2) is 8.73. The van der Waals surface area contributed by atoms with E-state index < -0.39 is 16.1 Å². The highest BCUT2D eigenvalue weighted by Crippen LogP contribution is 2.27. The third kappa shape index (κ3) is 4.91. The molecule has 1 fully saturated rings. The number of ether oxygens (including phenoxy) is 1. The fourth-order valence-electron chi connectivity index (χ4n) is 3.26. The van der Waals surface area contributed by atoms with Gasteiger partial charge in [-0.3, -0.25) is 4.79 Å². The Labute approximate surface area is 176 Å². The van der Waals surface area contributed by atoms with Gasteiger partial charge < -0.3 is 10.1 Å². The normalized spacial score (nSPS) is 15.9. The molecule has 156 valence electrons. The number of anilines is 1. The molecule has 0 aliphatic carbocycles. The fraction of sp³-hybridized carbons (Fsp3) is 0.381. The van der Waals surface area contributed by atoms with Gasteiger partial charge in [-0.15, -0.1) is 0 Å². The van der Waals surface area contributed by atoms with Crippen LogP contribution in [-0.4, -0.2) is 37.8 Å². The zero-order chi connectivity index (χ0) is 21.2. The molecule has 1 N–H and O–H groups in total. The quantitative estimate of drug-likeness (QED) is 0.738. The van der Waals surface area contributed by atoms with Crippen LogP contribution in [0.5, 0.6) is 5.75 Å². The smallest absolute Gasteiger partial charge is 0.265 e. The van der Waals surface area contributed by atoms with Crippen LogP contribution in [0.1, 0.15) is 30.9 Å². The van der Waals surface area contributed by atoms with E-state index in [9.17, 15) is 13.2 Å². The zero-order valence-corrected chi connectivity index (χ0v) is 18.3. The summed E-state index contributed by atoms with van der Waals surface area (Å²) in [7, 11) is -3.47. The molecule has 29 heavy (non-hydrogen) atoms. The zero-order valence-electron chi connectivity index (χ0n) is 16.7. The lowest BCUT2D eigenvalue weighted by Crippen LogP contribution is -2.30. The average Bonchev–Trinajstić information content (AvgIpc) is 3.22. The summed E-state index contributed by atoms with van der Waals surface area (Å²) in [5, 5.41) is 3.43. The van der Waals surface area contributed by atoms with E-state index in [1.807, 2.05) is 13.8 Å². The number of nitrogens with one attached hydrogen (secondary N) is 1. The molecule has 6 nitrogen and oxygen atoms in total. The molecule has 0 bridgehead atoms. The average molecular weight is 437 g/mol. The summed E-state index contributed by atoms with van der Waals surface area (Å²) in [6.07, 6.45) is 1.04. The molecule has 2 aromatic rings. The summed E-state index contributed by atoms with van der Waals surface area (Å²) >= 11 is 6.16. The van der Waals surface area contributed by atoms with Gasteiger partial charge in [0.05, 0.1) is 4.90 Å². The van der Waals surface area contributed by atoms with Crippen molar-refractivity contribution in [2.45, 2.75) is 44.6 Å². The van der Waals surface area contributed by atoms with Crippen molar-refractivity contribution in [3.8, 4) is 5.75 Å². The van der Waals surface area contributed by atoms with Crippen molar-refractivity contribution in [3.63, 3.8) is 0 Å². The third-order valence-corrected chi connectivity index (χ3v) is 7.43. The molecule has 1 amide bonds. The number of amides is 1. The first-order valence-corrected chi connectivity index (χ1v) is 11.3. The minimum atomic E-state index is -3.47. The standard InChI is InChI=1S/C21H25ClN2O4S/c1-14-12-18(13-15(2)20(14)22)28-16(3)21(25)23-17-6-8-19(9-7-17)29(26,27)24-10-4-5-11-24/h6-9,12-13,16H,4-5,10-11H2,1-3H3,(H,23,25)/t16-/m0/s1. The van der Waals surface area contributed by atoms with Crippen LogP contribution in [0, 0.1) is 13.8 Å². The molecule has 1 heterocycles. The van der Waals surface area contributed by atoms with E-state index in [4.69, 9.17) is 16.3 Å². The van der Waals surface area contributed by atoms with Gasteiger partial charge in [0.1, 0.15) is 5.75 Å². The number of nitrogens with zero attached hydrogens (tertiary/aromatic N) is 1. The van der Waals surface area contributed by atoms with Crippen molar-refractivity contribution < 1.29 is 17.9 Å².